The first kappa shape index (κ1) is 15.6. The maximum absolute atomic E-state index is 9.33. The second-order valence-corrected chi connectivity index (χ2v) is 5.81. The van der Waals surface area contributed by atoms with E-state index in [0.717, 1.165) is 12.8 Å². The largest absolute Gasteiger partial charge is 0.508 e. The molecule has 0 aliphatic rings. The van der Waals surface area contributed by atoms with Gasteiger partial charge in [-0.1, -0.05) is 48.9 Å². The lowest BCUT2D eigenvalue weighted by Gasteiger charge is -2.23. The van der Waals surface area contributed by atoms with Crippen molar-refractivity contribution in [2.24, 2.45) is 0 Å². The van der Waals surface area contributed by atoms with Gasteiger partial charge in [0, 0.05) is 12.1 Å². The molecule has 2 unspecified atom stereocenters. The SMILES string of the molecule is CCC(NC(C)Cc1ccc(O)cc1)c1ccc(C)cc1. The normalized spacial score (nSPS) is 13.9. The molecule has 0 aliphatic carbocycles. The van der Waals surface area contributed by atoms with Crippen molar-refractivity contribution in [2.45, 2.75) is 45.7 Å². The van der Waals surface area contributed by atoms with Gasteiger partial charge in [-0.3, -0.25) is 0 Å². The Morgan fingerprint density at radius 1 is 1.00 bits per heavy atom. The fourth-order valence-corrected chi connectivity index (χ4v) is 2.64. The number of phenolic OH excluding ortho intramolecular Hbond substituents is 1. The summed E-state index contributed by atoms with van der Waals surface area (Å²) < 4.78 is 0. The molecule has 0 aromatic heterocycles. The Kier molecular flexibility index (Phi) is 5.40. The third kappa shape index (κ3) is 4.61. The molecule has 0 bridgehead atoms. The van der Waals surface area contributed by atoms with Gasteiger partial charge in [0.05, 0.1) is 0 Å². The summed E-state index contributed by atoms with van der Waals surface area (Å²) in [6, 6.07) is 17.0. The second-order valence-electron chi connectivity index (χ2n) is 5.81. The number of nitrogens with one attached hydrogen (secondary N) is 1. The summed E-state index contributed by atoms with van der Waals surface area (Å²) in [5, 5.41) is 13.0. The molecular weight excluding hydrogens is 258 g/mol. The molecule has 0 spiro atoms. The fourth-order valence-electron chi connectivity index (χ4n) is 2.64. The highest BCUT2D eigenvalue weighted by molar-refractivity contribution is 5.27. The molecule has 0 radical (unpaired) electrons. The van der Waals surface area contributed by atoms with E-state index in [-0.39, 0.29) is 0 Å². The quantitative estimate of drug-likeness (QED) is 0.825. The molecule has 0 aliphatic heterocycles. The number of hydrogen-bond donors (Lipinski definition) is 2. The summed E-state index contributed by atoms with van der Waals surface area (Å²) in [6.07, 6.45) is 2.03. The molecule has 2 N–H and O–H groups in total. The Hall–Kier alpha value is -1.80. The highest BCUT2D eigenvalue weighted by Gasteiger charge is 2.12. The van der Waals surface area contributed by atoms with Crippen LogP contribution in [0.2, 0.25) is 0 Å². The van der Waals surface area contributed by atoms with Crippen LogP contribution in [-0.2, 0) is 6.42 Å². The molecule has 2 aromatic carbocycles. The lowest BCUT2D eigenvalue weighted by atomic mass is 10.0. The summed E-state index contributed by atoms with van der Waals surface area (Å²) in [5.74, 6) is 0.324. The molecule has 2 atom stereocenters. The predicted molar refractivity (Wildman–Crippen MR) is 88.6 cm³/mol. The van der Waals surface area contributed by atoms with Crippen molar-refractivity contribution in [3.05, 3.63) is 65.2 Å². The van der Waals surface area contributed by atoms with Gasteiger partial charge in [-0.05, 0) is 49.9 Å². The minimum absolute atomic E-state index is 0.324. The Morgan fingerprint density at radius 2 is 1.62 bits per heavy atom. The van der Waals surface area contributed by atoms with Crippen LogP contribution in [0.5, 0.6) is 5.75 Å². The lowest BCUT2D eigenvalue weighted by Crippen LogP contribution is -2.31. The number of benzene rings is 2. The van der Waals surface area contributed by atoms with E-state index in [0.29, 0.717) is 17.8 Å². The fraction of sp³-hybridized carbons (Fsp3) is 0.368. The van der Waals surface area contributed by atoms with Crippen LogP contribution < -0.4 is 5.32 Å². The topological polar surface area (TPSA) is 32.3 Å². The average Bonchev–Trinajstić information content (AvgIpc) is 2.48. The van der Waals surface area contributed by atoms with Crippen LogP contribution in [0.4, 0.5) is 0 Å². The number of aryl methyl sites for hydroxylation is 1. The molecule has 2 aromatic rings. The lowest BCUT2D eigenvalue weighted by molar-refractivity contribution is 0.443. The minimum Gasteiger partial charge on any atom is -0.508 e. The molecular formula is C19H25NO. The molecule has 0 amide bonds. The van der Waals surface area contributed by atoms with Crippen molar-refractivity contribution in [2.75, 3.05) is 0 Å². The van der Waals surface area contributed by atoms with Gasteiger partial charge >= 0.3 is 0 Å². The Morgan fingerprint density at radius 3 is 2.19 bits per heavy atom. The van der Waals surface area contributed by atoms with Crippen LogP contribution >= 0.6 is 0 Å². The Labute approximate surface area is 127 Å². The zero-order valence-electron chi connectivity index (χ0n) is 13.1. The van der Waals surface area contributed by atoms with E-state index in [1.54, 1.807) is 12.1 Å². The van der Waals surface area contributed by atoms with Crippen LogP contribution in [0.15, 0.2) is 48.5 Å². The van der Waals surface area contributed by atoms with E-state index in [1.807, 2.05) is 12.1 Å². The average molecular weight is 283 g/mol. The van der Waals surface area contributed by atoms with Crippen molar-refractivity contribution in [1.29, 1.82) is 0 Å². The molecule has 0 fully saturated rings. The molecule has 21 heavy (non-hydrogen) atoms. The molecule has 112 valence electrons. The number of hydrogen-bond acceptors (Lipinski definition) is 2. The van der Waals surface area contributed by atoms with Crippen molar-refractivity contribution in [3.8, 4) is 5.75 Å². The zero-order valence-corrected chi connectivity index (χ0v) is 13.1. The summed E-state index contributed by atoms with van der Waals surface area (Å²) in [6.45, 7) is 6.54. The van der Waals surface area contributed by atoms with Gasteiger partial charge in [-0.25, -0.2) is 0 Å². The molecule has 2 heteroatoms. The molecule has 2 rings (SSSR count). The van der Waals surface area contributed by atoms with Crippen molar-refractivity contribution >= 4 is 0 Å². The first-order chi connectivity index (χ1) is 10.1. The van der Waals surface area contributed by atoms with E-state index in [2.05, 4.69) is 50.4 Å². The molecule has 0 heterocycles. The standard InChI is InChI=1S/C19H25NO/c1-4-19(17-9-5-14(2)6-10-17)20-15(3)13-16-7-11-18(21)12-8-16/h5-12,15,19-21H,4,13H2,1-3H3. The number of phenols is 1. The van der Waals surface area contributed by atoms with E-state index in [1.165, 1.54) is 16.7 Å². The van der Waals surface area contributed by atoms with Crippen LogP contribution in [0, 0.1) is 6.92 Å². The second kappa shape index (κ2) is 7.28. The smallest absolute Gasteiger partial charge is 0.115 e. The number of rotatable bonds is 6. The highest BCUT2D eigenvalue weighted by Crippen LogP contribution is 2.19. The molecule has 2 nitrogen and oxygen atoms in total. The van der Waals surface area contributed by atoms with Gasteiger partial charge in [0.25, 0.3) is 0 Å². The van der Waals surface area contributed by atoms with E-state index >= 15 is 0 Å². The predicted octanol–water partition coefficient (Wildman–Crippen LogP) is 4.37. The molecule has 0 saturated carbocycles. The van der Waals surface area contributed by atoms with E-state index in [4.69, 9.17) is 0 Å². The Bertz CT molecular complexity index is 545. The number of aromatic hydroxyl groups is 1. The van der Waals surface area contributed by atoms with Gasteiger partial charge in [0.15, 0.2) is 0 Å². The van der Waals surface area contributed by atoms with Crippen LogP contribution in [0.25, 0.3) is 0 Å². The third-order valence-corrected chi connectivity index (χ3v) is 3.85. The van der Waals surface area contributed by atoms with Crippen molar-refractivity contribution in [3.63, 3.8) is 0 Å². The van der Waals surface area contributed by atoms with E-state index < -0.39 is 0 Å². The summed E-state index contributed by atoms with van der Waals surface area (Å²) in [5.41, 5.74) is 3.89. The minimum atomic E-state index is 0.324. The molecule has 0 saturated heterocycles. The van der Waals surface area contributed by atoms with Crippen molar-refractivity contribution < 1.29 is 5.11 Å². The van der Waals surface area contributed by atoms with E-state index in [9.17, 15) is 5.11 Å². The highest BCUT2D eigenvalue weighted by atomic mass is 16.3. The third-order valence-electron chi connectivity index (χ3n) is 3.85. The summed E-state index contributed by atoms with van der Waals surface area (Å²) in [7, 11) is 0. The Balaban J connectivity index is 1.97. The maximum Gasteiger partial charge on any atom is 0.115 e. The van der Waals surface area contributed by atoms with Crippen LogP contribution in [-0.4, -0.2) is 11.1 Å². The van der Waals surface area contributed by atoms with Gasteiger partial charge in [0.1, 0.15) is 5.75 Å². The zero-order chi connectivity index (χ0) is 15.2. The van der Waals surface area contributed by atoms with Gasteiger partial charge in [0.2, 0.25) is 0 Å². The monoisotopic (exact) mass is 283 g/mol. The first-order valence-electron chi connectivity index (χ1n) is 7.69. The van der Waals surface area contributed by atoms with Gasteiger partial charge < -0.3 is 10.4 Å². The van der Waals surface area contributed by atoms with Crippen LogP contribution in [0.1, 0.15) is 43.0 Å². The van der Waals surface area contributed by atoms with Gasteiger partial charge in [-0.2, -0.15) is 0 Å². The maximum atomic E-state index is 9.33. The van der Waals surface area contributed by atoms with Crippen LogP contribution in [0.3, 0.4) is 0 Å². The van der Waals surface area contributed by atoms with Gasteiger partial charge in [-0.15, -0.1) is 0 Å². The van der Waals surface area contributed by atoms with Crippen molar-refractivity contribution in [1.82, 2.24) is 5.32 Å². The first-order valence-corrected chi connectivity index (χ1v) is 7.69. The summed E-state index contributed by atoms with van der Waals surface area (Å²) in [4.78, 5) is 0. The summed E-state index contributed by atoms with van der Waals surface area (Å²) >= 11 is 0.